The Morgan fingerprint density at radius 1 is 0.972 bits per heavy atom. The molecule has 1 aliphatic rings. The minimum Gasteiger partial charge on any atom is -0.410 e. The Balaban J connectivity index is 1.45. The van der Waals surface area contributed by atoms with E-state index in [-0.39, 0.29) is 0 Å². The van der Waals surface area contributed by atoms with Crippen LogP contribution in [-0.2, 0) is 4.74 Å². The highest BCUT2D eigenvalue weighted by molar-refractivity contribution is 7.98. The Morgan fingerprint density at radius 3 is 2.44 bits per heavy atom. The highest BCUT2D eigenvalue weighted by Crippen LogP contribution is 2.37. The van der Waals surface area contributed by atoms with Gasteiger partial charge in [0.1, 0.15) is 11.6 Å². The second-order valence-corrected chi connectivity index (χ2v) is 8.82. The van der Waals surface area contributed by atoms with Crippen LogP contribution in [0.5, 0.6) is 5.75 Å². The first-order chi connectivity index (χ1) is 17.7. The maximum absolute atomic E-state index is 12.2. The summed E-state index contributed by atoms with van der Waals surface area (Å²) in [6.45, 7) is 2.86. The highest BCUT2D eigenvalue weighted by Gasteiger charge is 2.22. The van der Waals surface area contributed by atoms with Crippen molar-refractivity contribution in [2.75, 3.05) is 42.8 Å². The lowest BCUT2D eigenvalue weighted by atomic mass is 10.1. The number of pyridine rings is 1. The Labute approximate surface area is 213 Å². The Kier molecular flexibility index (Phi) is 7.39. The number of anilines is 2. The molecule has 3 heterocycles. The number of thioether (sulfide) groups is 1. The highest BCUT2D eigenvalue weighted by atomic mass is 32.2. The molecule has 0 aliphatic carbocycles. The molecule has 0 radical (unpaired) electrons. The fourth-order valence-corrected chi connectivity index (χ4v) is 4.60. The van der Waals surface area contributed by atoms with E-state index in [0.717, 1.165) is 40.6 Å². The monoisotopic (exact) mass is 499 g/mol. The van der Waals surface area contributed by atoms with Crippen molar-refractivity contribution in [3.8, 4) is 28.4 Å². The lowest BCUT2D eigenvalue weighted by Crippen LogP contribution is -2.37. The van der Waals surface area contributed by atoms with E-state index in [9.17, 15) is 4.79 Å². The number of benzene rings is 2. The fourth-order valence-electron chi connectivity index (χ4n) is 3.89. The third-order valence-electron chi connectivity index (χ3n) is 5.64. The van der Waals surface area contributed by atoms with Crippen molar-refractivity contribution in [2.45, 2.75) is 4.90 Å². The average molecular weight is 500 g/mol. The number of hydrogen-bond donors (Lipinski definition) is 1. The second kappa shape index (κ2) is 11.2. The number of nitrogens with one attached hydrogen (secondary N) is 1. The molecule has 1 aliphatic heterocycles. The van der Waals surface area contributed by atoms with E-state index >= 15 is 0 Å². The van der Waals surface area contributed by atoms with E-state index < -0.39 is 6.09 Å². The van der Waals surface area contributed by atoms with Crippen LogP contribution in [0.3, 0.4) is 0 Å². The second-order valence-electron chi connectivity index (χ2n) is 8.00. The van der Waals surface area contributed by atoms with Crippen LogP contribution in [0.4, 0.5) is 16.3 Å². The van der Waals surface area contributed by atoms with Crippen LogP contribution in [0.15, 0.2) is 84.0 Å². The molecule has 182 valence electrons. The number of para-hydroxylation sites is 1. The smallest absolute Gasteiger partial charge is 0.410 e. The number of aromatic nitrogens is 3. The molecule has 0 spiro atoms. The molecular weight excluding hydrogens is 474 g/mol. The van der Waals surface area contributed by atoms with Crippen LogP contribution >= 0.6 is 11.8 Å². The summed E-state index contributed by atoms with van der Waals surface area (Å²) >= 11 is 1.63. The zero-order valence-corrected chi connectivity index (χ0v) is 20.6. The number of amides is 1. The first-order valence-electron chi connectivity index (χ1n) is 11.5. The summed E-state index contributed by atoms with van der Waals surface area (Å²) in [5.74, 6) is 1.97. The lowest BCUT2D eigenvalue weighted by Gasteiger charge is -2.30. The van der Waals surface area contributed by atoms with Gasteiger partial charge in [-0.15, -0.1) is 11.8 Å². The molecule has 0 saturated carbocycles. The zero-order chi connectivity index (χ0) is 24.7. The van der Waals surface area contributed by atoms with Gasteiger partial charge in [-0.1, -0.05) is 18.2 Å². The van der Waals surface area contributed by atoms with Gasteiger partial charge in [0.15, 0.2) is 5.82 Å². The summed E-state index contributed by atoms with van der Waals surface area (Å²) < 4.78 is 10.9. The molecule has 1 N–H and O–H groups in total. The molecular formula is C27H25N5O3S. The molecule has 1 fully saturated rings. The summed E-state index contributed by atoms with van der Waals surface area (Å²) in [6, 6.07) is 20.3. The van der Waals surface area contributed by atoms with Crippen LogP contribution in [0.25, 0.3) is 22.6 Å². The zero-order valence-electron chi connectivity index (χ0n) is 19.8. The first kappa shape index (κ1) is 23.8. The van der Waals surface area contributed by atoms with Crippen LogP contribution in [0.1, 0.15) is 0 Å². The van der Waals surface area contributed by atoms with Gasteiger partial charge in [-0.05, 0) is 54.8 Å². The standard InChI is InChI=1S/C27H25N5O3S/c1-36-24-23(20-6-5-13-28-18-20)30-25(31-26(24)32-14-16-34-17-15-32)19-9-11-21(12-10-19)29-27(33)35-22-7-3-2-4-8-22/h2-13,18H,14-17H2,1H3,(H,29,33). The van der Waals surface area contributed by atoms with E-state index in [1.807, 2.05) is 67.0 Å². The summed E-state index contributed by atoms with van der Waals surface area (Å²) in [6.07, 6.45) is 5.06. The quantitative estimate of drug-likeness (QED) is 0.354. The van der Waals surface area contributed by atoms with Gasteiger partial charge in [-0.25, -0.2) is 14.8 Å². The van der Waals surface area contributed by atoms with Crippen LogP contribution < -0.4 is 15.0 Å². The van der Waals surface area contributed by atoms with Gasteiger partial charge in [-0.2, -0.15) is 0 Å². The minimum atomic E-state index is -0.553. The Bertz CT molecular complexity index is 1310. The molecule has 1 amide bonds. The summed E-state index contributed by atoms with van der Waals surface area (Å²) in [4.78, 5) is 29.7. The van der Waals surface area contributed by atoms with Crippen LogP contribution in [-0.4, -0.2) is 53.6 Å². The van der Waals surface area contributed by atoms with Crippen LogP contribution in [0, 0.1) is 0 Å². The molecule has 4 aromatic rings. The number of carbonyl (C=O) groups excluding carboxylic acids is 1. The topological polar surface area (TPSA) is 89.5 Å². The molecule has 0 unspecified atom stereocenters. The molecule has 8 nitrogen and oxygen atoms in total. The first-order valence-corrected chi connectivity index (χ1v) is 12.8. The fraction of sp³-hybridized carbons (Fsp3) is 0.185. The van der Waals surface area contributed by atoms with Crippen molar-refractivity contribution in [1.82, 2.24) is 15.0 Å². The largest absolute Gasteiger partial charge is 0.417 e. The van der Waals surface area contributed by atoms with Crippen molar-refractivity contribution in [1.29, 1.82) is 0 Å². The molecule has 0 atom stereocenters. The third-order valence-corrected chi connectivity index (χ3v) is 6.42. The Hall–Kier alpha value is -3.95. The number of ether oxygens (including phenoxy) is 2. The van der Waals surface area contributed by atoms with Gasteiger partial charge in [0.05, 0.1) is 23.8 Å². The SMILES string of the molecule is CSc1c(-c2cccnc2)nc(-c2ccc(NC(=O)Oc3ccccc3)cc2)nc1N1CCOCC1. The van der Waals surface area contributed by atoms with Crippen molar-refractivity contribution in [3.63, 3.8) is 0 Å². The molecule has 2 aromatic carbocycles. The van der Waals surface area contributed by atoms with Gasteiger partial charge in [-0.3, -0.25) is 10.3 Å². The maximum Gasteiger partial charge on any atom is 0.417 e. The lowest BCUT2D eigenvalue weighted by molar-refractivity contribution is 0.122. The van der Waals surface area contributed by atoms with Crippen molar-refractivity contribution in [3.05, 3.63) is 79.1 Å². The van der Waals surface area contributed by atoms with E-state index in [1.165, 1.54) is 0 Å². The summed E-state index contributed by atoms with van der Waals surface area (Å²) in [5.41, 5.74) is 3.23. The van der Waals surface area contributed by atoms with Gasteiger partial charge < -0.3 is 14.4 Å². The molecule has 5 rings (SSSR count). The minimum absolute atomic E-state index is 0.479. The number of nitrogens with zero attached hydrogens (tertiary/aromatic N) is 4. The van der Waals surface area contributed by atoms with Gasteiger partial charge >= 0.3 is 6.09 Å². The predicted octanol–water partition coefficient (Wildman–Crippen LogP) is 5.38. The summed E-state index contributed by atoms with van der Waals surface area (Å²) in [5, 5.41) is 2.75. The molecule has 9 heteroatoms. The number of morpholine rings is 1. The van der Waals surface area contributed by atoms with Gasteiger partial charge in [0.25, 0.3) is 0 Å². The van der Waals surface area contributed by atoms with Crippen molar-refractivity contribution < 1.29 is 14.3 Å². The Morgan fingerprint density at radius 2 is 1.75 bits per heavy atom. The average Bonchev–Trinajstić information content (AvgIpc) is 2.94. The normalized spacial score (nSPS) is 13.3. The van der Waals surface area contributed by atoms with E-state index in [2.05, 4.69) is 15.2 Å². The van der Waals surface area contributed by atoms with E-state index in [0.29, 0.717) is 30.5 Å². The maximum atomic E-state index is 12.2. The van der Waals surface area contributed by atoms with Crippen molar-refractivity contribution >= 4 is 29.4 Å². The molecule has 2 aromatic heterocycles. The van der Waals surface area contributed by atoms with Crippen molar-refractivity contribution in [2.24, 2.45) is 0 Å². The summed E-state index contributed by atoms with van der Waals surface area (Å²) in [7, 11) is 0. The van der Waals surface area contributed by atoms with E-state index in [4.69, 9.17) is 19.4 Å². The van der Waals surface area contributed by atoms with E-state index in [1.54, 1.807) is 30.1 Å². The predicted molar refractivity (Wildman–Crippen MR) is 142 cm³/mol. The van der Waals surface area contributed by atoms with Crippen LogP contribution in [0.2, 0.25) is 0 Å². The molecule has 36 heavy (non-hydrogen) atoms. The van der Waals surface area contributed by atoms with Gasteiger partial charge in [0, 0.05) is 42.3 Å². The molecule has 1 saturated heterocycles. The number of hydrogen-bond acceptors (Lipinski definition) is 8. The third kappa shape index (κ3) is 5.48. The molecule has 0 bridgehead atoms. The number of carbonyl (C=O) groups is 1. The van der Waals surface area contributed by atoms with Gasteiger partial charge in [0.2, 0.25) is 0 Å². The number of rotatable bonds is 6.